The number of aliphatic imine (C=N–C) groups is 1. The average molecular weight is 427 g/mol. The van der Waals surface area contributed by atoms with E-state index in [0.29, 0.717) is 29.8 Å². The van der Waals surface area contributed by atoms with Gasteiger partial charge in [-0.15, -0.1) is 0 Å². The number of carbonyl (C=O) groups excluding carboxylic acids is 2. The predicted octanol–water partition coefficient (Wildman–Crippen LogP) is 4.63. The van der Waals surface area contributed by atoms with Gasteiger partial charge in [0, 0.05) is 18.3 Å². The smallest absolute Gasteiger partial charge is 0.277 e. The van der Waals surface area contributed by atoms with Crippen LogP contribution in [0.1, 0.15) is 45.5 Å². The van der Waals surface area contributed by atoms with E-state index in [4.69, 9.17) is 16.3 Å². The first-order valence-corrected chi connectivity index (χ1v) is 10.8. The van der Waals surface area contributed by atoms with Crippen LogP contribution in [0.5, 0.6) is 5.75 Å². The molecule has 0 unspecified atom stereocenters. The Labute approximate surface area is 182 Å². The van der Waals surface area contributed by atoms with Crippen LogP contribution in [-0.4, -0.2) is 49.0 Å². The lowest BCUT2D eigenvalue weighted by atomic mass is 9.90. The molecule has 6 heteroatoms. The van der Waals surface area contributed by atoms with Crippen molar-refractivity contribution in [2.24, 2.45) is 10.9 Å². The predicted molar refractivity (Wildman–Crippen MR) is 120 cm³/mol. The SMILES string of the molecule is O=Cc1ccccc1C(=O)N=CCCN1CCC(Cc2ccccc2OCCl)CC1. The molecule has 0 N–H and O–H groups in total. The van der Waals surface area contributed by atoms with Gasteiger partial charge in [-0.2, -0.15) is 0 Å². The van der Waals surface area contributed by atoms with Gasteiger partial charge in [0.25, 0.3) is 5.91 Å². The number of para-hydroxylation sites is 1. The van der Waals surface area contributed by atoms with E-state index in [-0.39, 0.29) is 12.0 Å². The molecule has 0 radical (unpaired) electrons. The molecule has 0 aromatic heterocycles. The number of alkyl halides is 1. The van der Waals surface area contributed by atoms with Crippen LogP contribution < -0.4 is 4.74 Å². The Bertz CT molecular complexity index is 876. The van der Waals surface area contributed by atoms with Crippen LogP contribution >= 0.6 is 11.6 Å². The summed E-state index contributed by atoms with van der Waals surface area (Å²) in [5, 5.41) is 0. The highest BCUT2D eigenvalue weighted by molar-refractivity contribution is 6.17. The van der Waals surface area contributed by atoms with Crippen LogP contribution in [0.25, 0.3) is 0 Å². The Morgan fingerprint density at radius 2 is 1.87 bits per heavy atom. The lowest BCUT2D eigenvalue weighted by Crippen LogP contribution is -2.35. The molecule has 1 aliphatic heterocycles. The minimum Gasteiger partial charge on any atom is -0.478 e. The molecule has 30 heavy (non-hydrogen) atoms. The fraction of sp³-hybridized carbons (Fsp3) is 0.375. The molecule has 1 heterocycles. The zero-order chi connectivity index (χ0) is 21.2. The molecule has 1 saturated heterocycles. The maximum atomic E-state index is 12.2. The van der Waals surface area contributed by atoms with E-state index < -0.39 is 0 Å². The molecule has 1 amide bonds. The van der Waals surface area contributed by atoms with E-state index in [2.05, 4.69) is 16.0 Å². The number of nitrogens with zero attached hydrogens (tertiary/aromatic N) is 2. The highest BCUT2D eigenvalue weighted by atomic mass is 35.5. The summed E-state index contributed by atoms with van der Waals surface area (Å²) in [6, 6.07) is 15.0. The van der Waals surface area contributed by atoms with Gasteiger partial charge >= 0.3 is 0 Å². The van der Waals surface area contributed by atoms with Crippen molar-refractivity contribution >= 4 is 30.0 Å². The summed E-state index contributed by atoms with van der Waals surface area (Å²) < 4.78 is 5.52. The molecule has 0 atom stereocenters. The third-order valence-corrected chi connectivity index (χ3v) is 5.61. The lowest BCUT2D eigenvalue weighted by Gasteiger charge is -2.31. The number of halogens is 1. The van der Waals surface area contributed by atoms with Crippen molar-refractivity contribution in [1.29, 1.82) is 0 Å². The molecule has 158 valence electrons. The van der Waals surface area contributed by atoms with Gasteiger partial charge in [-0.3, -0.25) is 9.59 Å². The van der Waals surface area contributed by atoms with Crippen molar-refractivity contribution in [2.45, 2.75) is 25.7 Å². The number of hydrogen-bond donors (Lipinski definition) is 0. The Balaban J connectivity index is 1.41. The van der Waals surface area contributed by atoms with Crippen molar-refractivity contribution in [3.05, 3.63) is 65.2 Å². The normalized spacial score (nSPS) is 15.4. The molecular weight excluding hydrogens is 400 g/mol. The third-order valence-electron chi connectivity index (χ3n) is 5.50. The topological polar surface area (TPSA) is 59.0 Å². The quantitative estimate of drug-likeness (QED) is 0.333. The van der Waals surface area contributed by atoms with E-state index >= 15 is 0 Å². The second-order valence-electron chi connectivity index (χ2n) is 7.46. The lowest BCUT2D eigenvalue weighted by molar-refractivity contribution is 0.0995. The second-order valence-corrected chi connectivity index (χ2v) is 7.68. The molecule has 1 fully saturated rings. The second kappa shape index (κ2) is 11.6. The van der Waals surface area contributed by atoms with E-state index in [1.165, 1.54) is 5.56 Å². The number of piperidine rings is 1. The molecule has 0 bridgehead atoms. The van der Waals surface area contributed by atoms with Crippen molar-refractivity contribution in [3.63, 3.8) is 0 Å². The van der Waals surface area contributed by atoms with Gasteiger partial charge < -0.3 is 9.64 Å². The third kappa shape index (κ3) is 6.25. The molecular formula is C24H27ClN2O3. The van der Waals surface area contributed by atoms with E-state index in [1.54, 1.807) is 30.5 Å². The highest BCUT2D eigenvalue weighted by Gasteiger charge is 2.20. The van der Waals surface area contributed by atoms with E-state index in [1.807, 2.05) is 18.2 Å². The fourth-order valence-electron chi connectivity index (χ4n) is 3.85. The number of carbonyl (C=O) groups is 2. The molecule has 3 rings (SSSR count). The number of aldehydes is 1. The average Bonchev–Trinajstić information content (AvgIpc) is 2.79. The highest BCUT2D eigenvalue weighted by Crippen LogP contribution is 2.27. The first-order valence-electron chi connectivity index (χ1n) is 10.3. The molecule has 2 aromatic rings. The van der Waals surface area contributed by atoms with Crippen LogP contribution in [0.3, 0.4) is 0 Å². The monoisotopic (exact) mass is 426 g/mol. The minimum atomic E-state index is -0.366. The van der Waals surface area contributed by atoms with E-state index in [9.17, 15) is 9.59 Å². The molecule has 0 spiro atoms. The summed E-state index contributed by atoms with van der Waals surface area (Å²) in [5.74, 6) is 1.15. The van der Waals surface area contributed by atoms with Crippen molar-refractivity contribution in [2.75, 3.05) is 25.7 Å². The zero-order valence-corrected chi connectivity index (χ0v) is 17.8. The summed E-state index contributed by atoms with van der Waals surface area (Å²) in [5.41, 5.74) is 1.94. The van der Waals surface area contributed by atoms with Gasteiger partial charge in [0.05, 0.1) is 5.56 Å². The van der Waals surface area contributed by atoms with Crippen molar-refractivity contribution in [1.82, 2.24) is 4.90 Å². The van der Waals surface area contributed by atoms with Crippen LogP contribution in [0.2, 0.25) is 0 Å². The zero-order valence-electron chi connectivity index (χ0n) is 17.0. The van der Waals surface area contributed by atoms with Gasteiger partial charge in [0.1, 0.15) is 5.75 Å². The van der Waals surface area contributed by atoms with Gasteiger partial charge in [-0.1, -0.05) is 48.0 Å². The Hall–Kier alpha value is -2.50. The number of rotatable bonds is 9. The number of likely N-dealkylation sites (tertiary alicyclic amines) is 1. The summed E-state index contributed by atoms with van der Waals surface area (Å²) >= 11 is 5.72. The molecule has 2 aromatic carbocycles. The minimum absolute atomic E-state index is 0.167. The number of hydrogen-bond acceptors (Lipinski definition) is 4. The van der Waals surface area contributed by atoms with E-state index in [0.717, 1.165) is 44.6 Å². The maximum absolute atomic E-state index is 12.2. The van der Waals surface area contributed by atoms with Gasteiger partial charge in [-0.25, -0.2) is 4.99 Å². The van der Waals surface area contributed by atoms with Crippen molar-refractivity contribution < 1.29 is 14.3 Å². The number of ether oxygens (including phenoxy) is 1. The molecule has 1 aliphatic rings. The molecule has 0 saturated carbocycles. The van der Waals surface area contributed by atoms with Crippen LogP contribution in [0.4, 0.5) is 0 Å². The summed E-state index contributed by atoms with van der Waals surface area (Å²) in [4.78, 5) is 29.6. The summed E-state index contributed by atoms with van der Waals surface area (Å²) in [6.07, 6.45) is 6.35. The maximum Gasteiger partial charge on any atom is 0.277 e. The van der Waals surface area contributed by atoms with Crippen molar-refractivity contribution in [3.8, 4) is 5.75 Å². The standard InChI is InChI=1S/C24H27ClN2O3/c25-18-30-23-9-4-2-6-20(23)16-19-10-14-27(15-11-19)13-5-12-26-24(29)22-8-3-1-7-21(22)17-28/h1-4,6-9,12,17,19H,5,10-11,13-16,18H2. The molecule has 5 nitrogen and oxygen atoms in total. The first kappa shape index (κ1) is 22.2. The number of amides is 1. The van der Waals surface area contributed by atoms with Gasteiger partial charge in [0.2, 0.25) is 0 Å². The number of benzene rings is 2. The summed E-state index contributed by atoms with van der Waals surface area (Å²) in [7, 11) is 0. The van der Waals surface area contributed by atoms with Gasteiger partial charge in [-0.05, 0) is 62.4 Å². The Morgan fingerprint density at radius 3 is 2.63 bits per heavy atom. The molecule has 0 aliphatic carbocycles. The summed E-state index contributed by atoms with van der Waals surface area (Å²) in [6.45, 7) is 2.96. The fourth-order valence-corrected chi connectivity index (χ4v) is 3.97. The first-order chi connectivity index (χ1) is 14.7. The largest absolute Gasteiger partial charge is 0.478 e. The van der Waals surface area contributed by atoms with Gasteiger partial charge in [0.15, 0.2) is 12.4 Å². The Morgan fingerprint density at radius 1 is 1.13 bits per heavy atom. The van der Waals surface area contributed by atoms with Crippen LogP contribution in [-0.2, 0) is 6.42 Å². The van der Waals surface area contributed by atoms with Crippen LogP contribution in [0.15, 0.2) is 53.5 Å². The Kier molecular flexibility index (Phi) is 8.60. The van der Waals surface area contributed by atoms with Crippen LogP contribution in [0, 0.1) is 5.92 Å².